The first-order chi connectivity index (χ1) is 10.6. The molecular formula is C12H6Cl6N4O. The molecule has 0 N–H and O–H groups in total. The summed E-state index contributed by atoms with van der Waals surface area (Å²) in [6.45, 7) is 0. The van der Waals surface area contributed by atoms with Crippen molar-refractivity contribution in [3.63, 3.8) is 0 Å². The van der Waals surface area contributed by atoms with Crippen LogP contribution in [0.5, 0.6) is 0 Å². The number of hydrazone groups is 1. The average molecular weight is 435 g/mol. The fourth-order valence-corrected chi connectivity index (χ4v) is 2.55. The van der Waals surface area contributed by atoms with Gasteiger partial charge >= 0.3 is 0 Å². The molecule has 0 aliphatic carbocycles. The molecule has 1 aliphatic heterocycles. The van der Waals surface area contributed by atoms with Gasteiger partial charge in [0, 0.05) is 5.56 Å². The number of amidine groups is 2. The first-order valence-corrected chi connectivity index (χ1v) is 8.14. The lowest BCUT2D eigenvalue weighted by atomic mass is 10.2. The Morgan fingerprint density at radius 1 is 1.09 bits per heavy atom. The zero-order valence-electron chi connectivity index (χ0n) is 10.9. The van der Waals surface area contributed by atoms with Gasteiger partial charge in [0.05, 0.1) is 0 Å². The maximum absolute atomic E-state index is 10.7. The van der Waals surface area contributed by atoms with E-state index in [1.54, 1.807) is 24.3 Å². The molecule has 11 heteroatoms. The smallest absolute Gasteiger partial charge is 0.234 e. The predicted molar refractivity (Wildman–Crippen MR) is 94.7 cm³/mol. The van der Waals surface area contributed by atoms with Gasteiger partial charge in [0.25, 0.3) is 6.08 Å². The van der Waals surface area contributed by atoms with Crippen molar-refractivity contribution < 1.29 is 4.79 Å². The zero-order chi connectivity index (χ0) is 17.3. The summed E-state index contributed by atoms with van der Waals surface area (Å²) < 4.78 is -4.01. The summed E-state index contributed by atoms with van der Waals surface area (Å²) in [5, 5.41) is 4.21. The number of hydrogen-bond donors (Lipinski definition) is 0. The molecule has 0 amide bonds. The summed E-state index contributed by atoms with van der Waals surface area (Å²) in [7, 11) is 0. The van der Waals surface area contributed by atoms with Gasteiger partial charge in [0.1, 0.15) is 0 Å². The van der Waals surface area contributed by atoms with E-state index in [4.69, 9.17) is 69.6 Å². The molecule has 1 unspecified atom stereocenters. The third-order valence-corrected chi connectivity index (χ3v) is 3.72. The zero-order valence-corrected chi connectivity index (χ0v) is 15.5. The molecule has 0 radical (unpaired) electrons. The highest BCUT2D eigenvalue weighted by Gasteiger charge is 2.47. The van der Waals surface area contributed by atoms with Crippen LogP contribution in [0.3, 0.4) is 0 Å². The Hall–Kier alpha value is -0.520. The fraction of sp³-hybridized carbons (Fsp3) is 0.250. The van der Waals surface area contributed by atoms with E-state index < -0.39 is 13.8 Å². The number of benzene rings is 1. The van der Waals surface area contributed by atoms with E-state index in [0.717, 1.165) is 5.01 Å². The molecule has 1 aromatic rings. The van der Waals surface area contributed by atoms with Crippen LogP contribution in [0.25, 0.3) is 0 Å². The van der Waals surface area contributed by atoms with Gasteiger partial charge in [-0.05, 0) is 0 Å². The highest BCUT2D eigenvalue weighted by Crippen LogP contribution is 2.40. The summed E-state index contributed by atoms with van der Waals surface area (Å²) in [6.07, 6.45) is 0.0241. The number of nitrogens with zero attached hydrogens (tertiary/aromatic N) is 4. The van der Waals surface area contributed by atoms with E-state index >= 15 is 0 Å². The Morgan fingerprint density at radius 3 is 2.17 bits per heavy atom. The Balaban J connectivity index is 2.64. The highest BCUT2D eigenvalue weighted by molar-refractivity contribution is 6.77. The molecule has 122 valence electrons. The molecule has 0 saturated carbocycles. The molecule has 0 saturated heterocycles. The van der Waals surface area contributed by atoms with Gasteiger partial charge < -0.3 is 0 Å². The third kappa shape index (κ3) is 4.52. The van der Waals surface area contributed by atoms with Crippen LogP contribution in [-0.2, 0) is 4.79 Å². The molecule has 23 heavy (non-hydrogen) atoms. The first kappa shape index (κ1) is 18.8. The molecule has 2 rings (SSSR count). The first-order valence-electron chi connectivity index (χ1n) is 5.87. The Kier molecular flexibility index (Phi) is 5.85. The minimum atomic E-state index is -2.04. The summed E-state index contributed by atoms with van der Waals surface area (Å²) >= 11 is 35.4. The molecule has 5 nitrogen and oxygen atoms in total. The minimum absolute atomic E-state index is 0.167. The van der Waals surface area contributed by atoms with Gasteiger partial charge in [-0.2, -0.15) is 0 Å². The van der Waals surface area contributed by atoms with Crippen molar-refractivity contribution in [1.82, 2.24) is 5.01 Å². The predicted octanol–water partition coefficient (Wildman–Crippen LogP) is 4.46. The average Bonchev–Trinajstić information content (AvgIpc) is 2.46. The summed E-state index contributed by atoms with van der Waals surface area (Å²) in [4.78, 5) is 19.0. The number of carbonyl (C=O) groups excluding carboxylic acids is 1. The van der Waals surface area contributed by atoms with E-state index in [9.17, 15) is 4.79 Å². The molecule has 1 aromatic carbocycles. The van der Waals surface area contributed by atoms with E-state index in [-0.39, 0.29) is 11.7 Å². The van der Waals surface area contributed by atoms with Crippen molar-refractivity contribution in [2.24, 2.45) is 15.1 Å². The maximum atomic E-state index is 10.7. The Labute approximate surface area is 161 Å². The number of rotatable bonds is 2. The van der Waals surface area contributed by atoms with Crippen LogP contribution >= 0.6 is 69.6 Å². The van der Waals surface area contributed by atoms with Crippen LogP contribution in [0.2, 0.25) is 0 Å². The van der Waals surface area contributed by atoms with Crippen molar-refractivity contribution in [2.75, 3.05) is 0 Å². The SMILES string of the molecule is O=C=NN1C(C(Cl)(Cl)Cl)=NC(c2ccccc2)=NC1C(Cl)(Cl)Cl. The molecule has 1 heterocycles. The van der Waals surface area contributed by atoms with Crippen LogP contribution in [0.15, 0.2) is 45.4 Å². The summed E-state index contributed by atoms with van der Waals surface area (Å²) in [5.41, 5.74) is 0.605. The largest absolute Gasteiger partial charge is 0.258 e. The van der Waals surface area contributed by atoms with Gasteiger partial charge in [-0.1, -0.05) is 105 Å². The molecule has 0 bridgehead atoms. The molecular weight excluding hydrogens is 429 g/mol. The van der Waals surface area contributed by atoms with Crippen LogP contribution in [0.4, 0.5) is 0 Å². The molecule has 0 fully saturated rings. The second-order valence-electron chi connectivity index (χ2n) is 4.20. The van der Waals surface area contributed by atoms with Crippen molar-refractivity contribution in [1.29, 1.82) is 0 Å². The lowest BCUT2D eigenvalue weighted by molar-refractivity contribution is 0.325. The lowest BCUT2D eigenvalue weighted by Crippen LogP contribution is -2.50. The van der Waals surface area contributed by atoms with E-state index in [1.165, 1.54) is 6.08 Å². The van der Waals surface area contributed by atoms with Crippen LogP contribution < -0.4 is 0 Å². The number of aliphatic imine (C=N–C) groups is 2. The maximum Gasteiger partial charge on any atom is 0.258 e. The number of alkyl halides is 6. The fourth-order valence-electron chi connectivity index (χ4n) is 1.74. The summed E-state index contributed by atoms with van der Waals surface area (Å²) in [6, 6.07) is 8.80. The number of halogens is 6. The minimum Gasteiger partial charge on any atom is -0.234 e. The van der Waals surface area contributed by atoms with Gasteiger partial charge in [0.15, 0.2) is 17.8 Å². The van der Waals surface area contributed by atoms with E-state index in [1.807, 2.05) is 6.07 Å². The Bertz CT molecular complexity index is 688. The monoisotopic (exact) mass is 432 g/mol. The van der Waals surface area contributed by atoms with Crippen molar-refractivity contribution in [3.8, 4) is 0 Å². The van der Waals surface area contributed by atoms with Crippen molar-refractivity contribution in [2.45, 2.75) is 13.8 Å². The normalized spacial score (nSPS) is 18.9. The molecule has 0 aromatic heterocycles. The molecule has 0 spiro atoms. The lowest BCUT2D eigenvalue weighted by Gasteiger charge is -2.35. The van der Waals surface area contributed by atoms with E-state index in [0.29, 0.717) is 5.56 Å². The van der Waals surface area contributed by atoms with Gasteiger partial charge in [-0.3, -0.25) is 0 Å². The van der Waals surface area contributed by atoms with E-state index in [2.05, 4.69) is 15.1 Å². The second kappa shape index (κ2) is 7.16. The number of hydrogen-bond acceptors (Lipinski definition) is 5. The standard InChI is InChI=1S/C12H6Cl6N4O/c13-11(14,15)9-20-8(7-4-2-1-3-5-7)21-10(12(16,17)18)22(9)19-6-23/h1-5,9H. The molecule has 1 aliphatic rings. The quantitative estimate of drug-likeness (QED) is 0.392. The van der Waals surface area contributed by atoms with Crippen LogP contribution in [-0.4, -0.2) is 36.5 Å². The molecule has 1 atom stereocenters. The van der Waals surface area contributed by atoms with Crippen LogP contribution in [0.1, 0.15) is 5.56 Å². The van der Waals surface area contributed by atoms with Crippen LogP contribution in [0, 0.1) is 0 Å². The van der Waals surface area contributed by atoms with Gasteiger partial charge in [0.2, 0.25) is 7.59 Å². The topological polar surface area (TPSA) is 57.4 Å². The second-order valence-corrected chi connectivity index (χ2v) is 8.85. The van der Waals surface area contributed by atoms with Gasteiger partial charge in [-0.15, -0.1) is 0 Å². The summed E-state index contributed by atoms with van der Waals surface area (Å²) in [5.74, 6) is -0.0726. The van der Waals surface area contributed by atoms with Crippen molar-refractivity contribution in [3.05, 3.63) is 35.9 Å². The third-order valence-electron chi connectivity index (χ3n) is 2.63. The Morgan fingerprint density at radius 2 is 1.70 bits per heavy atom. The van der Waals surface area contributed by atoms with Crippen molar-refractivity contribution >= 4 is 87.4 Å². The highest BCUT2D eigenvalue weighted by atomic mass is 35.6. The number of isocyanates is 1. The van der Waals surface area contributed by atoms with Gasteiger partial charge in [-0.25, -0.2) is 19.8 Å².